The first kappa shape index (κ1) is 56.6. The molecule has 0 saturated carbocycles. The molecular weight excluding hydrogens is 731 g/mol. The van der Waals surface area contributed by atoms with Crippen molar-refractivity contribution >= 4 is 11.9 Å². The number of carbonyl (C=O) groups excluding carboxylic acids is 2. The lowest BCUT2D eigenvalue weighted by Crippen LogP contribution is -2.46. The number of hydrogen-bond donors (Lipinski definition) is 3. The lowest BCUT2D eigenvalue weighted by molar-refractivity contribution is -0.151. The van der Waals surface area contributed by atoms with E-state index in [0.717, 1.165) is 77.0 Å². The van der Waals surface area contributed by atoms with E-state index in [4.69, 9.17) is 4.74 Å². The molecule has 6 nitrogen and oxygen atoms in total. The predicted octanol–water partition coefficient (Wildman–Crippen LogP) is 14.8. The first-order valence-electron chi connectivity index (χ1n) is 25.0. The molecule has 3 atom stereocenters. The van der Waals surface area contributed by atoms with Gasteiger partial charge in [-0.05, 0) is 89.9 Å². The van der Waals surface area contributed by atoms with E-state index in [1.54, 1.807) is 0 Å². The average molecular weight is 826 g/mol. The first-order chi connectivity index (χ1) is 29.0. The van der Waals surface area contributed by atoms with Crippen LogP contribution in [0.4, 0.5) is 0 Å². The van der Waals surface area contributed by atoms with Gasteiger partial charge >= 0.3 is 5.97 Å². The minimum Gasteiger partial charge on any atom is -0.462 e. The third-order valence-corrected chi connectivity index (χ3v) is 11.1. The number of allylic oxidation sites excluding steroid dienone is 10. The van der Waals surface area contributed by atoms with E-state index in [9.17, 15) is 19.8 Å². The fourth-order valence-electron chi connectivity index (χ4n) is 7.24. The fourth-order valence-corrected chi connectivity index (χ4v) is 7.24. The second kappa shape index (κ2) is 46.6. The third-order valence-electron chi connectivity index (χ3n) is 11.1. The highest BCUT2D eigenvalue weighted by Gasteiger charge is 2.24. The van der Waals surface area contributed by atoms with Crippen molar-refractivity contribution in [3.05, 3.63) is 60.8 Å². The minimum absolute atomic E-state index is 0.0439. The van der Waals surface area contributed by atoms with Gasteiger partial charge in [-0.2, -0.15) is 0 Å². The van der Waals surface area contributed by atoms with Crippen LogP contribution in [0, 0.1) is 0 Å². The monoisotopic (exact) mass is 826 g/mol. The van der Waals surface area contributed by atoms with Gasteiger partial charge in [0.1, 0.15) is 6.10 Å². The Balaban J connectivity index is 4.62. The van der Waals surface area contributed by atoms with E-state index in [-0.39, 0.29) is 24.9 Å². The van der Waals surface area contributed by atoms with Crippen molar-refractivity contribution in [1.29, 1.82) is 0 Å². The molecule has 0 aromatic rings. The Morgan fingerprint density at radius 1 is 0.492 bits per heavy atom. The van der Waals surface area contributed by atoms with Crippen LogP contribution < -0.4 is 5.32 Å². The van der Waals surface area contributed by atoms with Gasteiger partial charge in [-0.3, -0.25) is 9.59 Å². The van der Waals surface area contributed by atoms with Crippen LogP contribution in [0.5, 0.6) is 0 Å². The Hall–Kier alpha value is -2.44. The molecule has 6 heteroatoms. The largest absolute Gasteiger partial charge is 0.462 e. The highest BCUT2D eigenvalue weighted by molar-refractivity contribution is 5.77. The number of unbranched alkanes of at least 4 members (excludes halogenated alkanes) is 22. The maximum Gasteiger partial charge on any atom is 0.306 e. The van der Waals surface area contributed by atoms with Gasteiger partial charge in [0.2, 0.25) is 5.91 Å². The molecule has 3 unspecified atom stereocenters. The second-order valence-corrected chi connectivity index (χ2v) is 16.9. The van der Waals surface area contributed by atoms with Crippen LogP contribution in [-0.4, -0.2) is 46.9 Å². The standard InChI is InChI=1S/C53H95NO5/c1-4-7-10-13-16-19-22-24-25-26-27-29-31-34-37-40-43-46-53(58)59-49(44-41-38-35-32-21-18-15-12-9-6-3)47-52(57)54-50(48-55)51(56)45-42-39-36-33-30-28-23-20-17-14-11-8-5-2/h16,18-19,21,24-25,27,29,34,37,49-51,55-56H,4-15,17,20,22-23,26,28,30-33,35-36,38-48H2,1-3H3,(H,54,57)/b19-16-,21-18-,25-24-,29-27-,37-34-. The van der Waals surface area contributed by atoms with Crippen LogP contribution in [0.2, 0.25) is 0 Å². The number of amides is 1. The Morgan fingerprint density at radius 2 is 0.864 bits per heavy atom. The van der Waals surface area contributed by atoms with Crippen LogP contribution in [0.15, 0.2) is 60.8 Å². The third kappa shape index (κ3) is 42.1. The fraction of sp³-hybridized carbons (Fsp3) is 0.774. The van der Waals surface area contributed by atoms with Crippen LogP contribution >= 0.6 is 0 Å². The van der Waals surface area contributed by atoms with Crippen molar-refractivity contribution in [2.45, 2.75) is 257 Å². The molecule has 0 fully saturated rings. The van der Waals surface area contributed by atoms with Gasteiger partial charge in [0.05, 0.1) is 25.2 Å². The molecule has 0 aromatic heterocycles. The number of rotatable bonds is 44. The molecule has 0 aliphatic carbocycles. The number of esters is 1. The number of ether oxygens (including phenoxy) is 1. The van der Waals surface area contributed by atoms with E-state index in [0.29, 0.717) is 25.7 Å². The predicted molar refractivity (Wildman–Crippen MR) is 255 cm³/mol. The van der Waals surface area contributed by atoms with Crippen molar-refractivity contribution < 1.29 is 24.5 Å². The molecular formula is C53H95NO5. The lowest BCUT2D eigenvalue weighted by atomic mass is 10.0. The van der Waals surface area contributed by atoms with Crippen molar-refractivity contribution in [2.75, 3.05) is 6.61 Å². The summed E-state index contributed by atoms with van der Waals surface area (Å²) in [7, 11) is 0. The summed E-state index contributed by atoms with van der Waals surface area (Å²) in [6.45, 7) is 6.40. The Labute approximate surface area is 365 Å². The molecule has 0 bridgehead atoms. The van der Waals surface area contributed by atoms with E-state index in [1.165, 1.54) is 109 Å². The summed E-state index contributed by atoms with van der Waals surface area (Å²) < 4.78 is 5.88. The SMILES string of the molecule is CCCCC/C=C\C/C=C\C/C=C\C/C=C\CCCC(=O)OC(CCCCC/C=C\CCCCC)CC(=O)NC(CO)C(O)CCCCCCCCCCCCCCC. The summed E-state index contributed by atoms with van der Waals surface area (Å²) in [6, 6.07) is -0.717. The van der Waals surface area contributed by atoms with Crippen LogP contribution in [0.25, 0.3) is 0 Å². The minimum atomic E-state index is -0.801. The number of nitrogens with one attached hydrogen (secondary N) is 1. The molecule has 0 heterocycles. The molecule has 1 amide bonds. The van der Waals surface area contributed by atoms with Gasteiger partial charge in [0.25, 0.3) is 0 Å². The summed E-state index contributed by atoms with van der Waals surface area (Å²) >= 11 is 0. The number of hydrogen-bond acceptors (Lipinski definition) is 5. The van der Waals surface area contributed by atoms with Gasteiger partial charge in [-0.1, -0.05) is 197 Å². The van der Waals surface area contributed by atoms with Gasteiger partial charge in [0, 0.05) is 6.42 Å². The van der Waals surface area contributed by atoms with Crippen LogP contribution in [0.3, 0.4) is 0 Å². The van der Waals surface area contributed by atoms with E-state index in [2.05, 4.69) is 86.8 Å². The maximum absolute atomic E-state index is 13.2. The number of aliphatic hydroxyl groups is 2. The van der Waals surface area contributed by atoms with Gasteiger partial charge in [-0.25, -0.2) is 0 Å². The van der Waals surface area contributed by atoms with Gasteiger partial charge in [0.15, 0.2) is 0 Å². The van der Waals surface area contributed by atoms with Crippen LogP contribution in [0.1, 0.15) is 239 Å². The normalized spacial score (nSPS) is 13.8. The zero-order chi connectivity index (χ0) is 43.1. The van der Waals surface area contributed by atoms with Gasteiger partial charge < -0.3 is 20.3 Å². The topological polar surface area (TPSA) is 95.9 Å². The second-order valence-electron chi connectivity index (χ2n) is 16.9. The summed E-state index contributed by atoms with van der Waals surface area (Å²) in [5.41, 5.74) is 0. The Kier molecular flexibility index (Phi) is 44.7. The Bertz CT molecular complexity index is 1060. The molecule has 0 rings (SSSR count). The maximum atomic E-state index is 13.2. The Morgan fingerprint density at radius 3 is 1.36 bits per heavy atom. The molecule has 3 N–H and O–H groups in total. The molecule has 59 heavy (non-hydrogen) atoms. The summed E-state index contributed by atoms with van der Waals surface area (Å²) in [6.07, 6.45) is 57.1. The summed E-state index contributed by atoms with van der Waals surface area (Å²) in [4.78, 5) is 26.0. The van der Waals surface area contributed by atoms with E-state index in [1.807, 2.05) is 0 Å². The zero-order valence-corrected chi connectivity index (χ0v) is 38.9. The number of carbonyl (C=O) groups is 2. The van der Waals surface area contributed by atoms with E-state index < -0.39 is 18.2 Å². The van der Waals surface area contributed by atoms with Crippen molar-refractivity contribution in [1.82, 2.24) is 5.32 Å². The molecule has 0 aromatic carbocycles. The highest BCUT2D eigenvalue weighted by Crippen LogP contribution is 2.17. The molecule has 342 valence electrons. The van der Waals surface area contributed by atoms with E-state index >= 15 is 0 Å². The van der Waals surface area contributed by atoms with Gasteiger partial charge in [-0.15, -0.1) is 0 Å². The van der Waals surface area contributed by atoms with Crippen LogP contribution in [-0.2, 0) is 14.3 Å². The highest BCUT2D eigenvalue weighted by atomic mass is 16.5. The molecule has 0 spiro atoms. The lowest BCUT2D eigenvalue weighted by Gasteiger charge is -2.24. The molecule has 0 saturated heterocycles. The zero-order valence-electron chi connectivity index (χ0n) is 38.9. The first-order valence-corrected chi connectivity index (χ1v) is 25.0. The average Bonchev–Trinajstić information content (AvgIpc) is 3.23. The smallest absolute Gasteiger partial charge is 0.306 e. The van der Waals surface area contributed by atoms with Crippen molar-refractivity contribution in [3.8, 4) is 0 Å². The molecule has 0 aliphatic rings. The van der Waals surface area contributed by atoms with Crippen molar-refractivity contribution in [2.24, 2.45) is 0 Å². The quantitative estimate of drug-likeness (QED) is 0.0323. The number of aliphatic hydroxyl groups excluding tert-OH is 2. The molecule has 0 radical (unpaired) electrons. The summed E-state index contributed by atoms with van der Waals surface area (Å²) in [5, 5.41) is 23.7. The molecule has 0 aliphatic heterocycles. The summed E-state index contributed by atoms with van der Waals surface area (Å²) in [5.74, 6) is -0.558. The van der Waals surface area contributed by atoms with Crippen molar-refractivity contribution in [3.63, 3.8) is 0 Å².